The van der Waals surface area contributed by atoms with Crippen LogP contribution in [0.5, 0.6) is 0 Å². The van der Waals surface area contributed by atoms with Gasteiger partial charge in [-0.1, -0.05) is 30.3 Å². The Kier molecular flexibility index (Phi) is 5.63. The van der Waals surface area contributed by atoms with E-state index >= 15 is 0 Å². The minimum absolute atomic E-state index is 0.0554. The summed E-state index contributed by atoms with van der Waals surface area (Å²) in [4.78, 5) is 11.8. The van der Waals surface area contributed by atoms with E-state index in [9.17, 15) is 22.4 Å². The van der Waals surface area contributed by atoms with Crippen LogP contribution >= 0.6 is 0 Å². The number of nitrogens with one attached hydrogen (secondary N) is 1. The van der Waals surface area contributed by atoms with Gasteiger partial charge in [0.05, 0.1) is 5.56 Å². The Morgan fingerprint density at radius 2 is 1.88 bits per heavy atom. The molecule has 2 aromatic rings. The SMILES string of the molecule is CC(N)c1cc(NC(=O)OCc2ccccc2)cc(C(F)(F)F)c1F. The number of carbonyl (C=O) groups is 1. The normalized spacial score (nSPS) is 12.6. The Balaban J connectivity index is 2.18. The molecule has 2 aromatic carbocycles. The van der Waals surface area contributed by atoms with E-state index < -0.39 is 29.7 Å². The van der Waals surface area contributed by atoms with Crippen molar-refractivity contribution >= 4 is 11.8 Å². The fraction of sp³-hybridized carbons (Fsp3) is 0.235. The molecule has 0 radical (unpaired) electrons. The Morgan fingerprint density at radius 1 is 1.24 bits per heavy atom. The van der Waals surface area contributed by atoms with Crippen molar-refractivity contribution in [2.75, 3.05) is 5.32 Å². The Bertz CT molecular complexity index is 746. The summed E-state index contributed by atoms with van der Waals surface area (Å²) < 4.78 is 57.8. The minimum atomic E-state index is -4.92. The molecule has 0 aliphatic carbocycles. The maximum absolute atomic E-state index is 14.0. The molecule has 25 heavy (non-hydrogen) atoms. The number of ether oxygens (including phenoxy) is 1. The number of rotatable bonds is 4. The maximum atomic E-state index is 14.0. The summed E-state index contributed by atoms with van der Waals surface area (Å²) in [5.74, 6) is -1.45. The number of anilines is 1. The Morgan fingerprint density at radius 3 is 2.44 bits per heavy atom. The van der Waals surface area contributed by atoms with Crippen molar-refractivity contribution < 1.29 is 27.1 Å². The lowest BCUT2D eigenvalue weighted by Gasteiger charge is -2.16. The topological polar surface area (TPSA) is 64.3 Å². The van der Waals surface area contributed by atoms with Crippen molar-refractivity contribution in [1.29, 1.82) is 0 Å². The second kappa shape index (κ2) is 7.52. The van der Waals surface area contributed by atoms with Crippen molar-refractivity contribution in [3.8, 4) is 0 Å². The number of nitrogens with two attached hydrogens (primary N) is 1. The highest BCUT2D eigenvalue weighted by atomic mass is 19.4. The largest absolute Gasteiger partial charge is 0.444 e. The van der Waals surface area contributed by atoms with Gasteiger partial charge in [-0.3, -0.25) is 5.32 Å². The van der Waals surface area contributed by atoms with Crippen LogP contribution in [0.2, 0.25) is 0 Å². The fourth-order valence-corrected chi connectivity index (χ4v) is 2.13. The zero-order chi connectivity index (χ0) is 18.6. The second-order valence-electron chi connectivity index (χ2n) is 5.40. The lowest BCUT2D eigenvalue weighted by atomic mass is 10.0. The van der Waals surface area contributed by atoms with Gasteiger partial charge in [0, 0.05) is 17.3 Å². The van der Waals surface area contributed by atoms with Crippen LogP contribution in [0.3, 0.4) is 0 Å². The summed E-state index contributed by atoms with van der Waals surface area (Å²) in [6.07, 6.45) is -5.88. The van der Waals surface area contributed by atoms with E-state index in [2.05, 4.69) is 5.32 Å². The molecular formula is C17H16F4N2O2. The summed E-state index contributed by atoms with van der Waals surface area (Å²) >= 11 is 0. The summed E-state index contributed by atoms with van der Waals surface area (Å²) in [6.45, 7) is 1.29. The van der Waals surface area contributed by atoms with Gasteiger partial charge >= 0.3 is 12.3 Å². The minimum Gasteiger partial charge on any atom is -0.444 e. The average molecular weight is 356 g/mol. The third kappa shape index (κ3) is 4.93. The Hall–Kier alpha value is -2.61. The number of halogens is 4. The molecule has 0 bridgehead atoms. The van der Waals surface area contributed by atoms with Crippen molar-refractivity contribution in [3.05, 3.63) is 65.0 Å². The molecule has 0 spiro atoms. The van der Waals surface area contributed by atoms with Gasteiger partial charge in [0.25, 0.3) is 0 Å². The predicted molar refractivity (Wildman–Crippen MR) is 84.3 cm³/mol. The van der Waals surface area contributed by atoms with Crippen molar-refractivity contribution in [3.63, 3.8) is 0 Å². The molecule has 134 valence electrons. The number of benzene rings is 2. The number of alkyl halides is 3. The van der Waals surface area contributed by atoms with E-state index in [0.29, 0.717) is 11.6 Å². The third-order valence-electron chi connectivity index (χ3n) is 3.36. The van der Waals surface area contributed by atoms with Gasteiger partial charge in [-0.15, -0.1) is 0 Å². The summed E-state index contributed by atoms with van der Waals surface area (Å²) in [5.41, 5.74) is 4.12. The van der Waals surface area contributed by atoms with Crippen LogP contribution in [0.1, 0.15) is 29.7 Å². The van der Waals surface area contributed by atoms with Crippen molar-refractivity contribution in [1.82, 2.24) is 0 Å². The average Bonchev–Trinajstić information content (AvgIpc) is 2.54. The molecule has 8 heteroatoms. The van der Waals surface area contributed by atoms with Crippen LogP contribution in [0, 0.1) is 5.82 Å². The first-order valence-electron chi connectivity index (χ1n) is 7.32. The van der Waals surface area contributed by atoms with E-state index in [4.69, 9.17) is 10.5 Å². The predicted octanol–water partition coefficient (Wildman–Crippen LogP) is 4.61. The number of amides is 1. The lowest BCUT2D eigenvalue weighted by Crippen LogP contribution is -2.18. The van der Waals surface area contributed by atoms with E-state index in [-0.39, 0.29) is 17.9 Å². The molecule has 0 saturated carbocycles. The molecule has 1 atom stereocenters. The second-order valence-corrected chi connectivity index (χ2v) is 5.40. The number of hydrogen-bond acceptors (Lipinski definition) is 3. The molecule has 1 unspecified atom stereocenters. The molecular weight excluding hydrogens is 340 g/mol. The highest BCUT2D eigenvalue weighted by molar-refractivity contribution is 5.85. The van der Waals surface area contributed by atoms with E-state index in [1.54, 1.807) is 30.3 Å². The molecule has 4 nitrogen and oxygen atoms in total. The molecule has 0 aliphatic rings. The van der Waals surface area contributed by atoms with E-state index in [1.807, 2.05) is 0 Å². The van der Waals surface area contributed by atoms with Crippen LogP contribution in [0.25, 0.3) is 0 Å². The summed E-state index contributed by atoms with van der Waals surface area (Å²) in [7, 11) is 0. The van der Waals surface area contributed by atoms with E-state index in [0.717, 1.165) is 6.07 Å². The first kappa shape index (κ1) is 18.7. The van der Waals surface area contributed by atoms with Gasteiger partial charge < -0.3 is 10.5 Å². The monoisotopic (exact) mass is 356 g/mol. The van der Waals surface area contributed by atoms with Gasteiger partial charge in [0.1, 0.15) is 12.4 Å². The van der Waals surface area contributed by atoms with Gasteiger partial charge in [-0.2, -0.15) is 13.2 Å². The first-order chi connectivity index (χ1) is 11.7. The first-order valence-corrected chi connectivity index (χ1v) is 7.32. The lowest BCUT2D eigenvalue weighted by molar-refractivity contribution is -0.140. The zero-order valence-corrected chi connectivity index (χ0v) is 13.2. The van der Waals surface area contributed by atoms with Gasteiger partial charge in [0.15, 0.2) is 0 Å². The standard InChI is InChI=1S/C17H16F4N2O2/c1-10(22)13-7-12(8-14(15(13)18)17(19,20)21)23-16(24)25-9-11-5-3-2-4-6-11/h2-8,10H,9,22H2,1H3,(H,23,24). The van der Waals surface area contributed by atoms with Crippen LogP contribution in [-0.4, -0.2) is 6.09 Å². The number of carbonyl (C=O) groups excluding carboxylic acids is 1. The molecule has 2 rings (SSSR count). The highest BCUT2D eigenvalue weighted by Gasteiger charge is 2.36. The maximum Gasteiger partial charge on any atom is 0.419 e. The fourth-order valence-electron chi connectivity index (χ4n) is 2.13. The summed E-state index contributed by atoms with van der Waals surface area (Å²) in [6, 6.07) is 9.31. The quantitative estimate of drug-likeness (QED) is 0.786. The highest BCUT2D eigenvalue weighted by Crippen LogP contribution is 2.36. The van der Waals surface area contributed by atoms with Crippen LogP contribution in [0.15, 0.2) is 42.5 Å². The molecule has 0 aromatic heterocycles. The molecule has 1 amide bonds. The summed E-state index contributed by atoms with van der Waals surface area (Å²) in [5, 5.41) is 2.16. The molecule has 0 heterocycles. The smallest absolute Gasteiger partial charge is 0.419 e. The molecule has 0 saturated heterocycles. The molecule has 0 fully saturated rings. The van der Waals surface area contributed by atoms with Gasteiger partial charge in [-0.25, -0.2) is 9.18 Å². The van der Waals surface area contributed by atoms with Crippen molar-refractivity contribution in [2.24, 2.45) is 5.73 Å². The van der Waals surface area contributed by atoms with Crippen molar-refractivity contribution in [2.45, 2.75) is 25.7 Å². The molecule has 0 aliphatic heterocycles. The Labute approximate surface area is 141 Å². The van der Waals surface area contributed by atoms with Crippen LogP contribution in [-0.2, 0) is 17.5 Å². The van der Waals surface area contributed by atoms with E-state index in [1.165, 1.54) is 6.92 Å². The van der Waals surface area contributed by atoms with Gasteiger partial charge in [-0.05, 0) is 24.6 Å². The third-order valence-corrected chi connectivity index (χ3v) is 3.36. The molecule has 3 N–H and O–H groups in total. The van der Waals surface area contributed by atoms with Crippen LogP contribution < -0.4 is 11.1 Å². The van der Waals surface area contributed by atoms with Gasteiger partial charge in [0.2, 0.25) is 0 Å². The number of hydrogen-bond donors (Lipinski definition) is 2. The van der Waals surface area contributed by atoms with Crippen LogP contribution in [0.4, 0.5) is 28.0 Å². The zero-order valence-electron chi connectivity index (χ0n) is 13.2.